The zero-order valence-electron chi connectivity index (χ0n) is 16.5. The van der Waals surface area contributed by atoms with Gasteiger partial charge in [0.05, 0.1) is 12.8 Å². The first-order valence-corrected chi connectivity index (χ1v) is 9.57. The van der Waals surface area contributed by atoms with Gasteiger partial charge in [-0.3, -0.25) is 14.7 Å². The Hall–Kier alpha value is -3.81. The molecule has 1 aromatic heterocycles. The van der Waals surface area contributed by atoms with Crippen LogP contribution in [-0.2, 0) is 22.4 Å². The highest BCUT2D eigenvalue weighted by molar-refractivity contribution is 6.07. The zero-order chi connectivity index (χ0) is 21.1. The SMILES string of the molecule is COc1ccc(C(Cc2n[nH]c3c2CCN(c2ccc(N)cc2)C3=O)OC=O)cc1. The summed E-state index contributed by atoms with van der Waals surface area (Å²) >= 11 is 0. The normalized spacial score (nSPS) is 14.2. The molecule has 0 radical (unpaired) electrons. The molecule has 1 aliphatic rings. The number of H-pyrrole nitrogens is 1. The fourth-order valence-electron chi connectivity index (χ4n) is 3.68. The van der Waals surface area contributed by atoms with E-state index in [0.717, 1.165) is 22.5 Å². The number of aromatic amines is 1. The number of nitrogens with one attached hydrogen (secondary N) is 1. The van der Waals surface area contributed by atoms with Gasteiger partial charge in [0, 0.05) is 29.9 Å². The van der Waals surface area contributed by atoms with E-state index in [9.17, 15) is 9.59 Å². The lowest BCUT2D eigenvalue weighted by atomic mass is 9.97. The number of rotatable bonds is 7. The molecule has 3 aromatic rings. The summed E-state index contributed by atoms with van der Waals surface area (Å²) in [5, 5.41) is 7.23. The molecule has 3 N–H and O–H groups in total. The Kier molecular flexibility index (Phi) is 5.38. The van der Waals surface area contributed by atoms with Crippen molar-refractivity contribution in [1.82, 2.24) is 10.2 Å². The van der Waals surface area contributed by atoms with Gasteiger partial charge in [0.2, 0.25) is 0 Å². The first-order chi connectivity index (χ1) is 14.6. The van der Waals surface area contributed by atoms with Gasteiger partial charge in [-0.25, -0.2) is 0 Å². The van der Waals surface area contributed by atoms with Gasteiger partial charge in [-0.1, -0.05) is 12.1 Å². The number of hydrogen-bond acceptors (Lipinski definition) is 6. The Morgan fingerprint density at radius 2 is 1.93 bits per heavy atom. The fourth-order valence-corrected chi connectivity index (χ4v) is 3.68. The molecular formula is C22H22N4O4. The van der Waals surface area contributed by atoms with Gasteiger partial charge < -0.3 is 20.1 Å². The average molecular weight is 406 g/mol. The number of carbonyl (C=O) groups excluding carboxylic acids is 2. The predicted octanol–water partition coefficient (Wildman–Crippen LogP) is 2.66. The molecule has 1 aliphatic heterocycles. The van der Waals surface area contributed by atoms with Gasteiger partial charge in [0.1, 0.15) is 17.5 Å². The monoisotopic (exact) mass is 406 g/mol. The van der Waals surface area contributed by atoms with Crippen LogP contribution in [0.4, 0.5) is 11.4 Å². The topological polar surface area (TPSA) is 111 Å². The highest BCUT2D eigenvalue weighted by atomic mass is 16.5. The van der Waals surface area contributed by atoms with Crippen molar-refractivity contribution in [1.29, 1.82) is 0 Å². The standard InChI is InChI=1S/C22H22N4O4/c1-29-17-8-2-14(3-9-17)20(30-13-27)12-19-18-10-11-26(22(28)21(18)25-24-19)16-6-4-15(23)5-7-16/h2-9,13,20H,10-12,23H2,1H3,(H,24,25). The van der Waals surface area contributed by atoms with Crippen molar-refractivity contribution in [2.45, 2.75) is 18.9 Å². The van der Waals surface area contributed by atoms with Crippen LogP contribution in [0.15, 0.2) is 48.5 Å². The number of amides is 1. The third kappa shape index (κ3) is 3.71. The second kappa shape index (κ2) is 8.28. The van der Waals surface area contributed by atoms with Crippen LogP contribution in [0.25, 0.3) is 0 Å². The first kappa shape index (κ1) is 19.5. The third-order valence-electron chi connectivity index (χ3n) is 5.29. The highest BCUT2D eigenvalue weighted by Gasteiger charge is 2.31. The number of carbonyl (C=O) groups is 2. The molecule has 4 rings (SSSR count). The molecule has 2 aromatic carbocycles. The summed E-state index contributed by atoms with van der Waals surface area (Å²) in [6.45, 7) is 0.964. The van der Waals surface area contributed by atoms with Crippen molar-refractivity contribution in [3.05, 3.63) is 71.0 Å². The molecule has 0 spiro atoms. The minimum atomic E-state index is -0.508. The lowest BCUT2D eigenvalue weighted by Crippen LogP contribution is -2.37. The number of methoxy groups -OCH3 is 1. The highest BCUT2D eigenvalue weighted by Crippen LogP contribution is 2.29. The van der Waals surface area contributed by atoms with Crippen molar-refractivity contribution < 1.29 is 19.1 Å². The van der Waals surface area contributed by atoms with Gasteiger partial charge in [0.25, 0.3) is 12.4 Å². The van der Waals surface area contributed by atoms with E-state index in [1.54, 1.807) is 24.1 Å². The van der Waals surface area contributed by atoms with Crippen LogP contribution in [-0.4, -0.2) is 36.2 Å². The summed E-state index contributed by atoms with van der Waals surface area (Å²) < 4.78 is 10.5. The second-order valence-electron chi connectivity index (χ2n) is 7.02. The van der Waals surface area contributed by atoms with E-state index < -0.39 is 6.10 Å². The third-order valence-corrected chi connectivity index (χ3v) is 5.29. The van der Waals surface area contributed by atoms with Crippen LogP contribution in [0.2, 0.25) is 0 Å². The molecule has 8 nitrogen and oxygen atoms in total. The Balaban J connectivity index is 1.56. The quantitative estimate of drug-likeness (QED) is 0.461. The predicted molar refractivity (Wildman–Crippen MR) is 111 cm³/mol. The van der Waals surface area contributed by atoms with E-state index in [1.165, 1.54) is 0 Å². The molecule has 30 heavy (non-hydrogen) atoms. The Bertz CT molecular complexity index is 1040. The van der Waals surface area contributed by atoms with Crippen molar-refractivity contribution in [2.24, 2.45) is 0 Å². The van der Waals surface area contributed by atoms with E-state index in [0.29, 0.717) is 43.0 Å². The molecule has 0 saturated heterocycles. The van der Waals surface area contributed by atoms with E-state index in [2.05, 4.69) is 10.2 Å². The van der Waals surface area contributed by atoms with Gasteiger partial charge in [-0.05, 0) is 48.4 Å². The molecule has 1 amide bonds. The number of nitrogen functional groups attached to an aromatic ring is 1. The number of nitrogens with two attached hydrogens (primary N) is 1. The molecule has 0 saturated carbocycles. The summed E-state index contributed by atoms with van der Waals surface area (Å²) in [6, 6.07) is 14.5. The maximum atomic E-state index is 13.0. The second-order valence-corrected chi connectivity index (χ2v) is 7.02. The molecule has 0 fully saturated rings. The van der Waals surface area contributed by atoms with Crippen LogP contribution < -0.4 is 15.4 Å². The van der Waals surface area contributed by atoms with Crippen LogP contribution in [0.5, 0.6) is 5.75 Å². The number of aromatic nitrogens is 2. The fraction of sp³-hybridized carbons (Fsp3) is 0.227. The van der Waals surface area contributed by atoms with Crippen LogP contribution in [0.1, 0.15) is 33.4 Å². The lowest BCUT2D eigenvalue weighted by Gasteiger charge is -2.27. The zero-order valence-corrected chi connectivity index (χ0v) is 16.5. The summed E-state index contributed by atoms with van der Waals surface area (Å²) in [5.41, 5.74) is 10.0. The van der Waals surface area contributed by atoms with Crippen LogP contribution in [0.3, 0.4) is 0 Å². The van der Waals surface area contributed by atoms with Crippen LogP contribution in [0, 0.1) is 0 Å². The number of anilines is 2. The van der Waals surface area contributed by atoms with E-state index in [1.807, 2.05) is 36.4 Å². The van der Waals surface area contributed by atoms with Crippen LogP contribution >= 0.6 is 0 Å². The molecule has 154 valence electrons. The number of nitrogens with zero attached hydrogens (tertiary/aromatic N) is 2. The first-order valence-electron chi connectivity index (χ1n) is 9.57. The summed E-state index contributed by atoms with van der Waals surface area (Å²) in [4.78, 5) is 25.8. The summed E-state index contributed by atoms with van der Waals surface area (Å²) in [6.07, 6.45) is 0.505. The number of benzene rings is 2. The van der Waals surface area contributed by atoms with Crippen molar-refractivity contribution in [3.8, 4) is 5.75 Å². The molecule has 0 aliphatic carbocycles. The molecule has 0 bridgehead atoms. The molecule has 1 unspecified atom stereocenters. The minimum absolute atomic E-state index is 0.142. The van der Waals surface area contributed by atoms with Crippen molar-refractivity contribution in [3.63, 3.8) is 0 Å². The Labute approximate surface area is 173 Å². The molecule has 8 heteroatoms. The summed E-state index contributed by atoms with van der Waals surface area (Å²) in [7, 11) is 1.59. The number of ether oxygens (including phenoxy) is 2. The average Bonchev–Trinajstić information content (AvgIpc) is 3.18. The number of fused-ring (bicyclic) bond motifs is 1. The smallest absolute Gasteiger partial charge is 0.293 e. The van der Waals surface area contributed by atoms with Gasteiger partial charge >= 0.3 is 0 Å². The molecule has 1 atom stereocenters. The van der Waals surface area contributed by atoms with Gasteiger partial charge in [0.15, 0.2) is 0 Å². The Morgan fingerprint density at radius 3 is 2.60 bits per heavy atom. The molecule has 2 heterocycles. The Morgan fingerprint density at radius 1 is 1.20 bits per heavy atom. The van der Waals surface area contributed by atoms with E-state index >= 15 is 0 Å². The van der Waals surface area contributed by atoms with E-state index in [4.69, 9.17) is 15.2 Å². The maximum absolute atomic E-state index is 13.0. The lowest BCUT2D eigenvalue weighted by molar-refractivity contribution is -0.133. The van der Waals surface area contributed by atoms with Crippen molar-refractivity contribution >= 4 is 23.8 Å². The van der Waals surface area contributed by atoms with Crippen molar-refractivity contribution in [2.75, 3.05) is 24.3 Å². The number of hydrogen-bond donors (Lipinski definition) is 2. The largest absolute Gasteiger partial charge is 0.497 e. The molecular weight excluding hydrogens is 384 g/mol. The van der Waals surface area contributed by atoms with E-state index in [-0.39, 0.29) is 5.91 Å². The minimum Gasteiger partial charge on any atom is -0.497 e. The van der Waals surface area contributed by atoms with Gasteiger partial charge in [-0.15, -0.1) is 0 Å². The maximum Gasteiger partial charge on any atom is 0.293 e. The van der Waals surface area contributed by atoms with Gasteiger partial charge in [-0.2, -0.15) is 5.10 Å². The summed E-state index contributed by atoms with van der Waals surface area (Å²) in [5.74, 6) is 0.575.